The van der Waals surface area contributed by atoms with E-state index in [1.165, 1.54) is 0 Å². The topological polar surface area (TPSA) is 38.3 Å². The minimum atomic E-state index is -1.86. The highest BCUT2D eigenvalue weighted by Gasteiger charge is 2.42. The Morgan fingerprint density at radius 3 is 2.12 bits per heavy atom. The van der Waals surface area contributed by atoms with E-state index in [0.717, 1.165) is 5.56 Å². The van der Waals surface area contributed by atoms with Gasteiger partial charge in [0.05, 0.1) is 0 Å². The van der Waals surface area contributed by atoms with E-state index in [2.05, 4.69) is 58.3 Å². The lowest BCUT2D eigenvalue weighted by atomic mass is 10.0. The van der Waals surface area contributed by atoms with Gasteiger partial charge in [-0.1, -0.05) is 71.2 Å². The van der Waals surface area contributed by atoms with Gasteiger partial charge in [0.1, 0.15) is 26.8 Å². The first kappa shape index (κ1) is 21.0. The molecule has 0 unspecified atom stereocenters. The number of halogens is 1. The van der Waals surface area contributed by atoms with Crippen LogP contribution in [0.15, 0.2) is 24.3 Å². The number of rotatable bonds is 4. The van der Waals surface area contributed by atoms with Crippen LogP contribution in [0.3, 0.4) is 0 Å². The summed E-state index contributed by atoms with van der Waals surface area (Å²) in [6.45, 7) is 13.8. The van der Waals surface area contributed by atoms with E-state index < -0.39 is 8.07 Å². The van der Waals surface area contributed by atoms with Crippen molar-refractivity contribution in [3.8, 4) is 11.5 Å². The van der Waals surface area contributed by atoms with Crippen LogP contribution in [0.1, 0.15) is 53.2 Å². The van der Waals surface area contributed by atoms with E-state index >= 15 is 0 Å². The highest BCUT2D eigenvalue weighted by atomic mass is 35.5. The average molecular weight is 392 g/mol. The molecule has 0 spiro atoms. The number of nitrogens with one attached hydrogen (secondary N) is 1. The molecule has 0 saturated carbocycles. The van der Waals surface area contributed by atoms with Crippen molar-refractivity contribution in [1.82, 2.24) is 5.32 Å². The minimum Gasteiger partial charge on any atom is -0.361 e. The van der Waals surface area contributed by atoms with Crippen molar-refractivity contribution >= 4 is 25.6 Å². The van der Waals surface area contributed by atoms with Crippen LogP contribution in [-0.4, -0.2) is 26.6 Å². The number of benzene rings is 1. The van der Waals surface area contributed by atoms with Crippen molar-refractivity contribution in [2.75, 3.05) is 6.61 Å². The summed E-state index contributed by atoms with van der Waals surface area (Å²) in [6.07, 6.45) is -0.268. The van der Waals surface area contributed by atoms with E-state index in [0.29, 0.717) is 21.6 Å². The largest absolute Gasteiger partial charge is 0.361 e. The Labute approximate surface area is 163 Å². The molecule has 142 valence electrons. The van der Waals surface area contributed by atoms with Crippen molar-refractivity contribution in [1.29, 1.82) is 0 Å². The van der Waals surface area contributed by atoms with E-state index in [1.807, 2.05) is 24.3 Å². The third-order valence-electron chi connectivity index (χ3n) is 5.52. The molecule has 1 heterocycles. The van der Waals surface area contributed by atoms with Crippen LogP contribution >= 0.6 is 11.6 Å². The van der Waals surface area contributed by atoms with Gasteiger partial charge < -0.3 is 10.1 Å². The molecule has 1 N–H and O–H groups in total. The van der Waals surface area contributed by atoms with E-state index in [-0.39, 0.29) is 24.7 Å². The predicted molar refractivity (Wildman–Crippen MR) is 111 cm³/mol. The molecule has 1 saturated heterocycles. The van der Waals surface area contributed by atoms with Crippen molar-refractivity contribution < 1.29 is 9.53 Å². The molecule has 26 heavy (non-hydrogen) atoms. The summed E-state index contributed by atoms with van der Waals surface area (Å²) in [4.78, 5) is 11.9. The molecule has 1 aliphatic rings. The molecular formula is C21H30ClNO2Si. The molecular weight excluding hydrogens is 362 g/mol. The third kappa shape index (κ3) is 4.33. The van der Waals surface area contributed by atoms with E-state index in [4.69, 9.17) is 16.3 Å². The number of hydrogen-bond acceptors (Lipinski definition) is 2. The maximum absolute atomic E-state index is 11.9. The standard InChI is InChI=1S/C21H30ClNO2Si/c1-14(2)26(15(3)4,16(5)6)12-11-19-21(25-13-20(24)23-19)17-7-9-18(22)10-8-17/h7-10,14-16,19,21H,13H2,1-6H3,(H,23,24)/t19-,21+/m0/s1. The molecule has 3 nitrogen and oxygen atoms in total. The fourth-order valence-electron chi connectivity index (χ4n) is 4.24. The average Bonchev–Trinajstić information content (AvgIpc) is 2.55. The number of amides is 1. The molecule has 1 aliphatic heterocycles. The monoisotopic (exact) mass is 391 g/mol. The fraction of sp³-hybridized carbons (Fsp3) is 0.571. The Bertz CT molecular complexity index is 666. The van der Waals surface area contributed by atoms with Crippen LogP contribution in [0.25, 0.3) is 0 Å². The van der Waals surface area contributed by atoms with Gasteiger partial charge >= 0.3 is 0 Å². The Hall–Kier alpha value is -1.28. The normalized spacial score (nSPS) is 20.9. The SMILES string of the molecule is CC(C)[Si](C#C[C@@H]1NC(=O)CO[C@@H]1c1ccc(Cl)cc1)(C(C)C)C(C)C. The van der Waals surface area contributed by atoms with Crippen molar-refractivity contribution in [2.45, 2.75) is 70.3 Å². The minimum absolute atomic E-state index is 0.0621. The van der Waals surface area contributed by atoms with E-state index in [1.54, 1.807) is 0 Å². The molecule has 1 aromatic rings. The zero-order chi connectivity index (χ0) is 19.5. The summed E-state index contributed by atoms with van der Waals surface area (Å²) in [5.41, 5.74) is 6.32. The van der Waals surface area contributed by atoms with Crippen molar-refractivity contribution in [2.24, 2.45) is 0 Å². The second-order valence-corrected chi connectivity index (χ2v) is 14.0. The Kier molecular flexibility index (Phi) is 6.96. The highest BCUT2D eigenvalue weighted by molar-refractivity contribution is 6.90. The van der Waals surface area contributed by atoms with Crippen LogP contribution in [-0.2, 0) is 9.53 Å². The van der Waals surface area contributed by atoms with Crippen LogP contribution < -0.4 is 5.32 Å². The Morgan fingerprint density at radius 1 is 1.08 bits per heavy atom. The first-order valence-electron chi connectivity index (χ1n) is 9.37. The van der Waals surface area contributed by atoms with Gasteiger partial charge in [-0.2, -0.15) is 0 Å². The summed E-state index contributed by atoms with van der Waals surface area (Å²) in [6, 6.07) is 7.24. The summed E-state index contributed by atoms with van der Waals surface area (Å²) < 4.78 is 5.83. The lowest BCUT2D eigenvalue weighted by Crippen LogP contribution is -2.48. The van der Waals surface area contributed by atoms with Crippen LogP contribution in [0.5, 0.6) is 0 Å². The molecule has 0 aromatic heterocycles. The summed E-state index contributed by atoms with van der Waals surface area (Å²) in [7, 11) is -1.86. The molecule has 1 aromatic carbocycles. The van der Waals surface area contributed by atoms with Gasteiger partial charge in [-0.05, 0) is 34.3 Å². The smallest absolute Gasteiger partial charge is 0.247 e. The number of carbonyl (C=O) groups excluding carboxylic acids is 1. The summed E-state index contributed by atoms with van der Waals surface area (Å²) in [5, 5.41) is 3.70. The molecule has 5 heteroatoms. The van der Waals surface area contributed by atoms with Crippen LogP contribution in [0, 0.1) is 11.5 Å². The highest BCUT2D eigenvalue weighted by Crippen LogP contribution is 2.41. The van der Waals surface area contributed by atoms with Gasteiger partial charge in [0, 0.05) is 5.02 Å². The second-order valence-electron chi connectivity index (χ2n) is 7.99. The molecule has 2 rings (SSSR count). The van der Waals surface area contributed by atoms with Gasteiger partial charge in [0.25, 0.3) is 0 Å². The maximum atomic E-state index is 11.9. The number of ether oxygens (including phenoxy) is 1. The lowest BCUT2D eigenvalue weighted by Gasteiger charge is -2.38. The van der Waals surface area contributed by atoms with E-state index in [9.17, 15) is 4.79 Å². The molecule has 0 aliphatic carbocycles. The molecule has 1 amide bonds. The van der Waals surface area contributed by atoms with Gasteiger partial charge in [0.2, 0.25) is 5.91 Å². The van der Waals surface area contributed by atoms with Gasteiger partial charge in [-0.3, -0.25) is 4.79 Å². The predicted octanol–water partition coefficient (Wildman–Crippen LogP) is 5.12. The fourth-order valence-corrected chi connectivity index (χ4v) is 9.64. The third-order valence-corrected chi connectivity index (χ3v) is 12.1. The molecule has 0 bridgehead atoms. The summed E-state index contributed by atoms with van der Waals surface area (Å²) in [5.74, 6) is 3.31. The van der Waals surface area contributed by atoms with Crippen molar-refractivity contribution in [3.05, 3.63) is 34.9 Å². The number of morpholine rings is 1. The number of carbonyl (C=O) groups is 1. The maximum Gasteiger partial charge on any atom is 0.247 e. The van der Waals surface area contributed by atoms with Crippen LogP contribution in [0.2, 0.25) is 21.6 Å². The Balaban J connectivity index is 2.41. The van der Waals surface area contributed by atoms with Gasteiger partial charge in [-0.15, -0.1) is 5.54 Å². The van der Waals surface area contributed by atoms with Crippen molar-refractivity contribution in [3.63, 3.8) is 0 Å². The zero-order valence-electron chi connectivity index (χ0n) is 16.6. The first-order chi connectivity index (χ1) is 12.2. The van der Waals surface area contributed by atoms with Gasteiger partial charge in [0.15, 0.2) is 0 Å². The number of hydrogen-bond donors (Lipinski definition) is 1. The quantitative estimate of drug-likeness (QED) is 0.571. The molecule has 0 radical (unpaired) electrons. The summed E-state index contributed by atoms with van der Waals surface area (Å²) >= 11 is 6.00. The van der Waals surface area contributed by atoms with Crippen LogP contribution in [0.4, 0.5) is 0 Å². The second kappa shape index (κ2) is 8.60. The molecule has 2 atom stereocenters. The Morgan fingerprint density at radius 2 is 1.62 bits per heavy atom. The zero-order valence-corrected chi connectivity index (χ0v) is 18.4. The lowest BCUT2D eigenvalue weighted by molar-refractivity contribution is -0.135. The van der Waals surface area contributed by atoms with Gasteiger partial charge in [-0.25, -0.2) is 0 Å². The molecule has 1 fully saturated rings. The first-order valence-corrected chi connectivity index (χ1v) is 12.0.